The Hall–Kier alpha value is -6.10. The molecular formula is C46H38N4. The van der Waals surface area contributed by atoms with Gasteiger partial charge in [0.15, 0.2) is 0 Å². The number of hydrogen-bond acceptors (Lipinski definition) is 2. The molecule has 50 heavy (non-hydrogen) atoms. The van der Waals surface area contributed by atoms with Crippen LogP contribution in [0.25, 0.3) is 66.1 Å². The van der Waals surface area contributed by atoms with Crippen molar-refractivity contribution < 1.29 is 0 Å². The van der Waals surface area contributed by atoms with Gasteiger partial charge in [0.1, 0.15) is 0 Å². The lowest BCUT2D eigenvalue weighted by atomic mass is 9.85. The molecule has 0 radical (unpaired) electrons. The Kier molecular flexibility index (Phi) is 7.00. The molecule has 0 fully saturated rings. The van der Waals surface area contributed by atoms with E-state index in [0.717, 1.165) is 55.3 Å². The molecule has 0 saturated carbocycles. The summed E-state index contributed by atoms with van der Waals surface area (Å²) in [6, 6.07) is 47.3. The van der Waals surface area contributed by atoms with E-state index in [1.165, 1.54) is 21.9 Å². The second kappa shape index (κ2) is 11.2. The number of hydrogen-bond donors (Lipinski definition) is 0. The van der Waals surface area contributed by atoms with Crippen LogP contribution in [0.15, 0.2) is 121 Å². The molecule has 4 nitrogen and oxygen atoms in total. The van der Waals surface area contributed by atoms with Crippen molar-refractivity contribution in [1.29, 1.82) is 10.5 Å². The Morgan fingerprint density at radius 3 is 1.66 bits per heavy atom. The van der Waals surface area contributed by atoms with Crippen LogP contribution in [0, 0.1) is 22.7 Å². The van der Waals surface area contributed by atoms with Crippen molar-refractivity contribution in [1.82, 2.24) is 9.13 Å². The Morgan fingerprint density at radius 2 is 1.06 bits per heavy atom. The zero-order valence-electron chi connectivity index (χ0n) is 29.3. The maximum atomic E-state index is 10.4. The van der Waals surface area contributed by atoms with Crippen LogP contribution in [0.4, 0.5) is 0 Å². The Bertz CT molecular complexity index is 2660. The maximum absolute atomic E-state index is 10.4. The van der Waals surface area contributed by atoms with Gasteiger partial charge < -0.3 is 9.13 Å². The van der Waals surface area contributed by atoms with Gasteiger partial charge in [0.05, 0.1) is 45.3 Å². The third kappa shape index (κ3) is 4.88. The Morgan fingerprint density at radius 1 is 0.460 bits per heavy atom. The van der Waals surface area contributed by atoms with E-state index in [0.29, 0.717) is 11.1 Å². The number of fused-ring (bicyclic) bond motifs is 6. The molecule has 6 aromatic carbocycles. The largest absolute Gasteiger partial charge is 0.309 e. The van der Waals surface area contributed by atoms with Gasteiger partial charge in [-0.3, -0.25) is 0 Å². The monoisotopic (exact) mass is 646 g/mol. The standard InChI is InChI=1S/C46H38N4/c1-45(2,3)31-18-20-42-37(23-31)38-24-32(46(4,5)6)19-21-43(38)49(42)34-25-39-35-14-10-11-15-41(35)50(33-12-8-7-9-13-33)44(39)40(26-34)36-22-29(27-47)16-17-30(36)28-48/h7-26H,1-6H3. The topological polar surface area (TPSA) is 57.4 Å². The molecule has 0 aliphatic carbocycles. The Balaban J connectivity index is 1.57. The van der Waals surface area contributed by atoms with E-state index in [1.54, 1.807) is 12.1 Å². The first kappa shape index (κ1) is 31.2. The smallest absolute Gasteiger partial charge is 0.0998 e. The quantitative estimate of drug-likeness (QED) is 0.192. The van der Waals surface area contributed by atoms with E-state index in [-0.39, 0.29) is 10.8 Å². The van der Waals surface area contributed by atoms with Gasteiger partial charge in [-0.2, -0.15) is 10.5 Å². The van der Waals surface area contributed by atoms with E-state index < -0.39 is 0 Å². The second-order valence-corrected chi connectivity index (χ2v) is 15.4. The number of rotatable bonds is 3. The van der Waals surface area contributed by atoms with Crippen LogP contribution in [0.2, 0.25) is 0 Å². The average Bonchev–Trinajstić information content (AvgIpc) is 3.63. The van der Waals surface area contributed by atoms with Crippen molar-refractivity contribution in [3.05, 3.63) is 144 Å². The van der Waals surface area contributed by atoms with Gasteiger partial charge >= 0.3 is 0 Å². The molecule has 0 atom stereocenters. The van der Waals surface area contributed by atoms with E-state index in [4.69, 9.17) is 0 Å². The number of aromatic nitrogens is 2. The fourth-order valence-electron chi connectivity index (χ4n) is 7.43. The van der Waals surface area contributed by atoms with Crippen molar-refractivity contribution in [3.63, 3.8) is 0 Å². The Labute approximate surface area is 293 Å². The molecule has 0 bridgehead atoms. The zero-order valence-corrected chi connectivity index (χ0v) is 29.3. The number of para-hydroxylation sites is 2. The van der Waals surface area contributed by atoms with Gasteiger partial charge in [-0.25, -0.2) is 0 Å². The molecule has 0 N–H and O–H groups in total. The maximum Gasteiger partial charge on any atom is 0.0998 e. The van der Waals surface area contributed by atoms with Crippen LogP contribution in [0.3, 0.4) is 0 Å². The molecule has 0 aliphatic heterocycles. The van der Waals surface area contributed by atoms with Crippen molar-refractivity contribution in [2.45, 2.75) is 52.4 Å². The first-order valence-corrected chi connectivity index (χ1v) is 17.1. The predicted octanol–water partition coefficient (Wildman–Crippen LogP) is 11.9. The van der Waals surface area contributed by atoms with Crippen LogP contribution in [-0.4, -0.2) is 9.13 Å². The number of nitrogens with zero attached hydrogens (tertiary/aromatic N) is 4. The number of nitriles is 2. The highest BCUT2D eigenvalue weighted by molar-refractivity contribution is 6.16. The molecule has 4 heteroatoms. The second-order valence-electron chi connectivity index (χ2n) is 15.4. The van der Waals surface area contributed by atoms with Gasteiger partial charge in [-0.1, -0.05) is 90.1 Å². The zero-order chi connectivity index (χ0) is 34.9. The summed E-state index contributed by atoms with van der Waals surface area (Å²) in [6.45, 7) is 13.6. The van der Waals surface area contributed by atoms with E-state index >= 15 is 0 Å². The minimum Gasteiger partial charge on any atom is -0.309 e. The van der Waals surface area contributed by atoms with Crippen molar-refractivity contribution in [3.8, 4) is 34.6 Å². The minimum atomic E-state index is -0.00491. The van der Waals surface area contributed by atoms with Crippen molar-refractivity contribution in [2.75, 3.05) is 0 Å². The van der Waals surface area contributed by atoms with E-state index in [9.17, 15) is 10.5 Å². The van der Waals surface area contributed by atoms with Crippen LogP contribution >= 0.6 is 0 Å². The molecule has 2 heterocycles. The van der Waals surface area contributed by atoms with E-state index in [2.05, 4.69) is 160 Å². The summed E-state index contributed by atoms with van der Waals surface area (Å²) >= 11 is 0. The van der Waals surface area contributed by atoms with E-state index in [1.807, 2.05) is 12.1 Å². The molecular weight excluding hydrogens is 609 g/mol. The van der Waals surface area contributed by atoms with Crippen LogP contribution in [0.1, 0.15) is 63.8 Å². The molecule has 0 aliphatic rings. The molecule has 0 amide bonds. The minimum absolute atomic E-state index is 0.00491. The summed E-state index contributed by atoms with van der Waals surface area (Å²) in [5.74, 6) is 0. The summed E-state index contributed by atoms with van der Waals surface area (Å²) in [6.07, 6.45) is 0. The third-order valence-electron chi connectivity index (χ3n) is 10.1. The van der Waals surface area contributed by atoms with Gasteiger partial charge in [-0.05, 0) is 94.8 Å². The molecule has 8 aromatic rings. The molecule has 0 unspecified atom stereocenters. The lowest BCUT2D eigenvalue weighted by Crippen LogP contribution is -2.10. The van der Waals surface area contributed by atoms with Gasteiger partial charge in [-0.15, -0.1) is 0 Å². The van der Waals surface area contributed by atoms with Crippen LogP contribution in [0.5, 0.6) is 0 Å². The molecule has 0 spiro atoms. The highest BCUT2D eigenvalue weighted by Crippen LogP contribution is 2.43. The van der Waals surface area contributed by atoms with Gasteiger partial charge in [0.2, 0.25) is 0 Å². The van der Waals surface area contributed by atoms with Gasteiger partial charge in [0.25, 0.3) is 0 Å². The van der Waals surface area contributed by atoms with Gasteiger partial charge in [0, 0.05) is 44.0 Å². The summed E-state index contributed by atoms with van der Waals surface area (Å²) in [4.78, 5) is 0. The third-order valence-corrected chi connectivity index (χ3v) is 10.1. The number of benzene rings is 6. The first-order valence-electron chi connectivity index (χ1n) is 17.1. The summed E-state index contributed by atoms with van der Waals surface area (Å²) < 4.78 is 4.67. The predicted molar refractivity (Wildman–Crippen MR) is 207 cm³/mol. The van der Waals surface area contributed by atoms with Crippen LogP contribution < -0.4 is 0 Å². The fraction of sp³-hybridized carbons (Fsp3) is 0.174. The van der Waals surface area contributed by atoms with Crippen LogP contribution in [-0.2, 0) is 10.8 Å². The molecule has 8 rings (SSSR count). The first-order chi connectivity index (χ1) is 24.0. The summed E-state index contributed by atoms with van der Waals surface area (Å²) in [5, 5.41) is 25.0. The molecule has 2 aromatic heterocycles. The normalized spacial score (nSPS) is 12.2. The average molecular weight is 647 g/mol. The lowest BCUT2D eigenvalue weighted by molar-refractivity contribution is 0.590. The highest BCUT2D eigenvalue weighted by atomic mass is 15.0. The van der Waals surface area contributed by atoms with Crippen molar-refractivity contribution >= 4 is 43.6 Å². The fourth-order valence-corrected chi connectivity index (χ4v) is 7.43. The highest BCUT2D eigenvalue weighted by Gasteiger charge is 2.24. The summed E-state index contributed by atoms with van der Waals surface area (Å²) in [5.41, 5.74) is 11.6. The van der Waals surface area contributed by atoms with Crippen molar-refractivity contribution in [2.24, 2.45) is 0 Å². The summed E-state index contributed by atoms with van der Waals surface area (Å²) in [7, 11) is 0. The lowest BCUT2D eigenvalue weighted by Gasteiger charge is -2.19. The SMILES string of the molecule is CC(C)(C)c1ccc2c(c1)c1cc(C(C)(C)C)ccc1n2-c1cc(-c2cc(C#N)ccc2C#N)c2c(c1)c1ccccc1n2-c1ccccc1. The molecule has 242 valence electrons. The molecule has 0 saturated heterocycles.